The Morgan fingerprint density at radius 3 is 2.27 bits per heavy atom. The first-order valence-corrected chi connectivity index (χ1v) is 8.41. The van der Waals surface area contributed by atoms with Crippen LogP contribution in [0.2, 0.25) is 0 Å². The highest BCUT2D eigenvalue weighted by atomic mass is 16.5. The maximum absolute atomic E-state index is 12.4. The first-order valence-electron chi connectivity index (χ1n) is 8.41. The molecule has 26 heavy (non-hydrogen) atoms. The highest BCUT2D eigenvalue weighted by molar-refractivity contribution is 5.80. The van der Waals surface area contributed by atoms with Gasteiger partial charge in [0.2, 0.25) is 0 Å². The van der Waals surface area contributed by atoms with Crippen LogP contribution in [0.5, 0.6) is 17.2 Å². The fourth-order valence-corrected chi connectivity index (χ4v) is 2.39. The zero-order valence-corrected chi connectivity index (χ0v) is 15.3. The summed E-state index contributed by atoms with van der Waals surface area (Å²) in [4.78, 5) is 13.8. The van der Waals surface area contributed by atoms with Crippen molar-refractivity contribution in [3.63, 3.8) is 0 Å². The third-order valence-electron chi connectivity index (χ3n) is 3.77. The number of methoxy groups -OCH3 is 1. The van der Waals surface area contributed by atoms with E-state index >= 15 is 0 Å². The second-order valence-corrected chi connectivity index (χ2v) is 5.93. The zero-order chi connectivity index (χ0) is 18.9. The summed E-state index contributed by atoms with van der Waals surface area (Å²) < 4.78 is 16.2. The van der Waals surface area contributed by atoms with Crippen LogP contribution in [0.1, 0.15) is 6.92 Å². The number of carbonyl (C=O) groups is 1. The SMILES string of the molecule is COc1ccc(OC[C@@H](O)CN(C)C(=O)[C@H](C)Oc2ccccc2)cc1. The van der Waals surface area contributed by atoms with Gasteiger partial charge in [0.25, 0.3) is 5.91 Å². The van der Waals surface area contributed by atoms with E-state index in [1.807, 2.05) is 18.2 Å². The molecule has 140 valence electrons. The maximum atomic E-state index is 12.4. The first kappa shape index (κ1) is 19.6. The van der Waals surface area contributed by atoms with Gasteiger partial charge in [0, 0.05) is 13.6 Å². The molecule has 2 rings (SSSR count). The summed E-state index contributed by atoms with van der Waals surface area (Å²) in [5.74, 6) is 1.78. The van der Waals surface area contributed by atoms with Crippen molar-refractivity contribution in [3.05, 3.63) is 54.6 Å². The number of nitrogens with zero attached hydrogens (tertiary/aromatic N) is 1. The number of aliphatic hydroxyl groups excluding tert-OH is 1. The molecule has 0 heterocycles. The topological polar surface area (TPSA) is 68.2 Å². The minimum Gasteiger partial charge on any atom is -0.497 e. The van der Waals surface area contributed by atoms with E-state index in [-0.39, 0.29) is 19.1 Å². The van der Waals surface area contributed by atoms with E-state index in [1.165, 1.54) is 4.90 Å². The lowest BCUT2D eigenvalue weighted by molar-refractivity contribution is -0.138. The number of hydrogen-bond donors (Lipinski definition) is 1. The number of amides is 1. The normalized spacial score (nSPS) is 12.8. The molecular weight excluding hydrogens is 334 g/mol. The summed E-state index contributed by atoms with van der Waals surface area (Å²) in [6.07, 6.45) is -1.45. The molecule has 1 amide bonds. The number of para-hydroxylation sites is 1. The molecular formula is C20H25NO5. The van der Waals surface area contributed by atoms with Crippen LogP contribution in [0.15, 0.2) is 54.6 Å². The summed E-state index contributed by atoms with van der Waals surface area (Å²) >= 11 is 0. The van der Waals surface area contributed by atoms with Gasteiger partial charge in [-0.05, 0) is 43.3 Å². The van der Waals surface area contributed by atoms with E-state index in [2.05, 4.69) is 0 Å². The van der Waals surface area contributed by atoms with Gasteiger partial charge in [0.1, 0.15) is 30.0 Å². The van der Waals surface area contributed by atoms with E-state index < -0.39 is 12.2 Å². The summed E-state index contributed by atoms with van der Waals surface area (Å²) in [5, 5.41) is 10.1. The lowest BCUT2D eigenvalue weighted by Gasteiger charge is -2.24. The van der Waals surface area contributed by atoms with Gasteiger partial charge in [-0.3, -0.25) is 4.79 Å². The van der Waals surface area contributed by atoms with Crippen molar-refractivity contribution in [1.82, 2.24) is 4.90 Å². The van der Waals surface area contributed by atoms with Crippen LogP contribution in [-0.4, -0.2) is 55.4 Å². The molecule has 0 saturated heterocycles. The highest BCUT2D eigenvalue weighted by Gasteiger charge is 2.21. The molecule has 0 fully saturated rings. The minimum atomic E-state index is -0.810. The molecule has 0 bridgehead atoms. The van der Waals surface area contributed by atoms with Gasteiger partial charge >= 0.3 is 0 Å². The quantitative estimate of drug-likeness (QED) is 0.744. The van der Waals surface area contributed by atoms with E-state index in [1.54, 1.807) is 57.5 Å². The van der Waals surface area contributed by atoms with Crippen LogP contribution >= 0.6 is 0 Å². The van der Waals surface area contributed by atoms with Crippen LogP contribution in [0.25, 0.3) is 0 Å². The number of carbonyl (C=O) groups excluding carboxylic acids is 1. The molecule has 0 aromatic heterocycles. The average molecular weight is 359 g/mol. The number of benzene rings is 2. The molecule has 0 aliphatic heterocycles. The molecule has 1 N–H and O–H groups in total. The van der Waals surface area contributed by atoms with Gasteiger partial charge in [-0.2, -0.15) is 0 Å². The predicted octanol–water partition coefficient (Wildman–Crippen LogP) is 2.36. The Labute approximate surface area is 153 Å². The molecule has 6 heteroatoms. The van der Waals surface area contributed by atoms with Crippen molar-refractivity contribution in [2.24, 2.45) is 0 Å². The Morgan fingerprint density at radius 2 is 1.65 bits per heavy atom. The monoisotopic (exact) mass is 359 g/mol. The molecule has 0 aliphatic rings. The maximum Gasteiger partial charge on any atom is 0.263 e. The van der Waals surface area contributed by atoms with Gasteiger partial charge in [-0.15, -0.1) is 0 Å². The summed E-state index contributed by atoms with van der Waals surface area (Å²) in [7, 11) is 3.22. The molecule has 0 spiro atoms. The largest absolute Gasteiger partial charge is 0.497 e. The van der Waals surface area contributed by atoms with Crippen molar-refractivity contribution < 1.29 is 24.1 Å². The Balaban J connectivity index is 1.77. The van der Waals surface area contributed by atoms with E-state index in [0.29, 0.717) is 11.5 Å². The lowest BCUT2D eigenvalue weighted by Crippen LogP contribution is -2.43. The Kier molecular flexibility index (Phi) is 7.29. The second-order valence-electron chi connectivity index (χ2n) is 5.93. The van der Waals surface area contributed by atoms with E-state index in [0.717, 1.165) is 5.75 Å². The van der Waals surface area contributed by atoms with Crippen LogP contribution in [0, 0.1) is 0 Å². The molecule has 0 unspecified atom stereocenters. The Morgan fingerprint density at radius 1 is 1.04 bits per heavy atom. The smallest absolute Gasteiger partial charge is 0.263 e. The fraction of sp³-hybridized carbons (Fsp3) is 0.350. The molecule has 0 saturated carbocycles. The summed E-state index contributed by atoms with van der Waals surface area (Å²) in [6, 6.07) is 16.2. The Bertz CT molecular complexity index is 674. The molecule has 0 radical (unpaired) electrons. The van der Waals surface area contributed by atoms with Crippen molar-refractivity contribution in [3.8, 4) is 17.2 Å². The molecule has 6 nitrogen and oxygen atoms in total. The zero-order valence-electron chi connectivity index (χ0n) is 15.3. The van der Waals surface area contributed by atoms with Gasteiger partial charge < -0.3 is 24.2 Å². The number of likely N-dealkylation sites (N-methyl/N-ethyl adjacent to an activating group) is 1. The second kappa shape index (κ2) is 9.68. The molecule has 2 atom stereocenters. The van der Waals surface area contributed by atoms with E-state index in [9.17, 15) is 9.90 Å². The fourth-order valence-electron chi connectivity index (χ4n) is 2.39. The minimum absolute atomic E-state index is 0.0812. The van der Waals surface area contributed by atoms with Crippen LogP contribution in [0.4, 0.5) is 0 Å². The summed E-state index contributed by atoms with van der Waals surface area (Å²) in [5.41, 5.74) is 0. The Hall–Kier alpha value is -2.73. The standard InChI is InChI=1S/C20H25NO5/c1-15(26-19-7-5-4-6-8-19)20(23)21(2)13-16(22)14-25-18-11-9-17(24-3)10-12-18/h4-12,15-16,22H,13-14H2,1-3H3/t15-,16-/m0/s1. The van der Waals surface area contributed by atoms with E-state index in [4.69, 9.17) is 14.2 Å². The number of ether oxygens (including phenoxy) is 3. The molecule has 2 aromatic carbocycles. The van der Waals surface area contributed by atoms with Crippen LogP contribution < -0.4 is 14.2 Å². The predicted molar refractivity (Wildman–Crippen MR) is 98.7 cm³/mol. The van der Waals surface area contributed by atoms with Gasteiger partial charge in [-0.25, -0.2) is 0 Å². The van der Waals surface area contributed by atoms with Gasteiger partial charge in [0.15, 0.2) is 6.10 Å². The third kappa shape index (κ3) is 5.97. The number of rotatable bonds is 9. The average Bonchev–Trinajstić information content (AvgIpc) is 2.66. The van der Waals surface area contributed by atoms with Gasteiger partial charge in [-0.1, -0.05) is 18.2 Å². The van der Waals surface area contributed by atoms with Crippen LogP contribution in [0.3, 0.4) is 0 Å². The first-order chi connectivity index (χ1) is 12.5. The van der Waals surface area contributed by atoms with Crippen molar-refractivity contribution >= 4 is 5.91 Å². The van der Waals surface area contributed by atoms with Crippen molar-refractivity contribution in [2.75, 3.05) is 27.3 Å². The number of hydrogen-bond acceptors (Lipinski definition) is 5. The summed E-state index contributed by atoms with van der Waals surface area (Å²) in [6.45, 7) is 1.92. The highest BCUT2D eigenvalue weighted by Crippen LogP contribution is 2.17. The molecule has 2 aromatic rings. The third-order valence-corrected chi connectivity index (χ3v) is 3.77. The molecule has 0 aliphatic carbocycles. The van der Waals surface area contributed by atoms with Gasteiger partial charge in [0.05, 0.1) is 7.11 Å². The van der Waals surface area contributed by atoms with Crippen molar-refractivity contribution in [1.29, 1.82) is 0 Å². The number of aliphatic hydroxyl groups is 1. The van der Waals surface area contributed by atoms with Crippen LogP contribution in [-0.2, 0) is 4.79 Å². The van der Waals surface area contributed by atoms with Crippen molar-refractivity contribution in [2.45, 2.75) is 19.1 Å². The lowest BCUT2D eigenvalue weighted by atomic mass is 10.3.